The summed E-state index contributed by atoms with van der Waals surface area (Å²) in [5, 5.41) is 7.31. The van der Waals surface area contributed by atoms with Gasteiger partial charge in [-0.05, 0) is 27.2 Å². The van der Waals surface area contributed by atoms with E-state index in [2.05, 4.69) is 18.8 Å². The molecule has 19 heavy (non-hydrogen) atoms. The maximum atomic E-state index is 7.31. The fraction of sp³-hybridized carbons (Fsp3) is 0.765. The average Bonchev–Trinajstić information content (AvgIpc) is 2.47. The summed E-state index contributed by atoms with van der Waals surface area (Å²) in [4.78, 5) is 4.31. The van der Waals surface area contributed by atoms with Crippen molar-refractivity contribution >= 4 is 11.9 Å². The molecule has 0 aromatic heterocycles. The molecule has 0 atom stereocenters. The average molecular weight is 271 g/mol. The first-order valence-electron chi connectivity index (χ1n) is 7.88. The number of nitrogens with zero attached hydrogens (tertiary/aromatic N) is 1. The van der Waals surface area contributed by atoms with Crippen LogP contribution in [0.3, 0.4) is 0 Å². The van der Waals surface area contributed by atoms with Gasteiger partial charge in [-0.15, -0.1) is 0 Å². The molecule has 0 aliphatic rings. The third-order valence-corrected chi connectivity index (χ3v) is 2.01. The molecule has 0 radical (unpaired) electrons. The standard InChI is InChI=1S/C11H20N2.3C2H6/c1-5-7-9(3)11(8-12)10(4)13-6-2;3*1-2/h8,12H,5-7H2,1-4H3;3*1-2H3/b11-9+,12-8?,13-10?;;;. The van der Waals surface area contributed by atoms with Gasteiger partial charge in [0.15, 0.2) is 0 Å². The van der Waals surface area contributed by atoms with E-state index in [1.165, 1.54) is 11.8 Å². The predicted molar refractivity (Wildman–Crippen MR) is 94.1 cm³/mol. The monoisotopic (exact) mass is 270 g/mol. The Kier molecular flexibility index (Phi) is 36.1. The van der Waals surface area contributed by atoms with Crippen molar-refractivity contribution in [2.75, 3.05) is 6.54 Å². The second kappa shape index (κ2) is 25.8. The van der Waals surface area contributed by atoms with Gasteiger partial charge in [0.1, 0.15) is 0 Å². The molecule has 0 heterocycles. The van der Waals surface area contributed by atoms with Crippen molar-refractivity contribution in [2.24, 2.45) is 4.99 Å². The lowest BCUT2D eigenvalue weighted by molar-refractivity contribution is 0.903. The molecule has 116 valence electrons. The van der Waals surface area contributed by atoms with Crippen LogP contribution in [0.4, 0.5) is 0 Å². The number of hydrogen-bond donors (Lipinski definition) is 1. The molecule has 0 rings (SSSR count). The number of hydrogen-bond acceptors (Lipinski definition) is 2. The third-order valence-electron chi connectivity index (χ3n) is 2.01. The Bertz CT molecular complexity index is 225. The highest BCUT2D eigenvalue weighted by atomic mass is 14.7. The number of nitrogens with one attached hydrogen (secondary N) is 1. The van der Waals surface area contributed by atoms with Gasteiger partial charge in [0.2, 0.25) is 0 Å². The molecule has 0 bridgehead atoms. The first kappa shape index (κ1) is 26.6. The Balaban J connectivity index is -0.000000163. The Hall–Kier alpha value is -0.920. The summed E-state index contributed by atoms with van der Waals surface area (Å²) in [6.07, 6.45) is 3.60. The Morgan fingerprint density at radius 1 is 0.947 bits per heavy atom. The molecular weight excluding hydrogens is 232 g/mol. The molecule has 0 aromatic rings. The zero-order valence-corrected chi connectivity index (χ0v) is 15.1. The van der Waals surface area contributed by atoms with E-state index >= 15 is 0 Å². The first-order chi connectivity index (χ1) is 9.17. The van der Waals surface area contributed by atoms with Crippen LogP contribution in [-0.4, -0.2) is 18.5 Å². The first-order valence-corrected chi connectivity index (χ1v) is 7.88. The van der Waals surface area contributed by atoms with Crippen LogP contribution < -0.4 is 0 Å². The molecular formula is C17H38N2. The summed E-state index contributed by atoms with van der Waals surface area (Å²) in [5.74, 6) is 0. The lowest BCUT2D eigenvalue weighted by atomic mass is 10.0. The molecule has 0 spiro atoms. The van der Waals surface area contributed by atoms with Gasteiger partial charge in [0.25, 0.3) is 0 Å². The Morgan fingerprint density at radius 2 is 1.37 bits per heavy atom. The molecule has 0 saturated heterocycles. The van der Waals surface area contributed by atoms with E-state index in [9.17, 15) is 0 Å². The van der Waals surface area contributed by atoms with Crippen molar-refractivity contribution < 1.29 is 0 Å². The van der Waals surface area contributed by atoms with Crippen LogP contribution >= 0.6 is 0 Å². The van der Waals surface area contributed by atoms with Crippen LogP contribution in [0.2, 0.25) is 0 Å². The molecule has 1 N–H and O–H groups in total. The maximum absolute atomic E-state index is 7.31. The van der Waals surface area contributed by atoms with Gasteiger partial charge in [0, 0.05) is 24.0 Å². The van der Waals surface area contributed by atoms with Crippen molar-refractivity contribution in [2.45, 2.75) is 82.1 Å². The Morgan fingerprint density at radius 3 is 1.63 bits per heavy atom. The third kappa shape index (κ3) is 17.1. The highest BCUT2D eigenvalue weighted by Crippen LogP contribution is 2.10. The SMILES string of the molecule is CC.CC.CC.CCC/C(C)=C(\C=N)C(C)=NCC. The van der Waals surface area contributed by atoms with E-state index in [1.807, 2.05) is 55.4 Å². The molecule has 0 unspecified atom stereocenters. The molecule has 0 fully saturated rings. The number of allylic oxidation sites excluding steroid dienone is 2. The van der Waals surface area contributed by atoms with E-state index in [-0.39, 0.29) is 0 Å². The molecule has 0 aromatic carbocycles. The minimum Gasteiger partial charge on any atom is -0.308 e. The summed E-state index contributed by atoms with van der Waals surface area (Å²) in [6.45, 7) is 21.0. The summed E-state index contributed by atoms with van der Waals surface area (Å²) in [5.41, 5.74) is 3.26. The van der Waals surface area contributed by atoms with E-state index in [0.29, 0.717) is 0 Å². The molecule has 2 heteroatoms. The van der Waals surface area contributed by atoms with Gasteiger partial charge in [0.05, 0.1) is 0 Å². The van der Waals surface area contributed by atoms with E-state index in [1.54, 1.807) is 0 Å². The summed E-state index contributed by atoms with van der Waals surface area (Å²) >= 11 is 0. The zero-order chi connectivity index (χ0) is 16.3. The minimum absolute atomic E-state index is 0.794. The summed E-state index contributed by atoms with van der Waals surface area (Å²) in [7, 11) is 0. The summed E-state index contributed by atoms with van der Waals surface area (Å²) in [6, 6.07) is 0. The quantitative estimate of drug-likeness (QED) is 0.568. The lowest BCUT2D eigenvalue weighted by Gasteiger charge is -2.06. The van der Waals surface area contributed by atoms with Gasteiger partial charge >= 0.3 is 0 Å². The van der Waals surface area contributed by atoms with Crippen LogP contribution in [0.25, 0.3) is 0 Å². The zero-order valence-electron chi connectivity index (χ0n) is 15.1. The highest BCUT2D eigenvalue weighted by molar-refractivity contribution is 6.14. The fourth-order valence-electron chi connectivity index (χ4n) is 1.37. The smallest absolute Gasteiger partial charge is 0.0404 e. The van der Waals surface area contributed by atoms with Crippen molar-refractivity contribution in [3.05, 3.63) is 11.1 Å². The van der Waals surface area contributed by atoms with Gasteiger partial charge < -0.3 is 5.41 Å². The highest BCUT2D eigenvalue weighted by Gasteiger charge is 2.01. The molecule has 0 saturated carbocycles. The topological polar surface area (TPSA) is 36.2 Å². The largest absolute Gasteiger partial charge is 0.308 e. The minimum atomic E-state index is 0.794. The summed E-state index contributed by atoms with van der Waals surface area (Å²) < 4.78 is 0. The van der Waals surface area contributed by atoms with Crippen LogP contribution in [0.1, 0.15) is 82.1 Å². The number of rotatable bonds is 5. The van der Waals surface area contributed by atoms with Gasteiger partial charge in [-0.1, -0.05) is 60.5 Å². The van der Waals surface area contributed by atoms with E-state index < -0.39 is 0 Å². The van der Waals surface area contributed by atoms with Crippen molar-refractivity contribution in [1.29, 1.82) is 5.41 Å². The van der Waals surface area contributed by atoms with E-state index in [4.69, 9.17) is 5.41 Å². The van der Waals surface area contributed by atoms with Crippen molar-refractivity contribution in [3.8, 4) is 0 Å². The molecule has 2 nitrogen and oxygen atoms in total. The predicted octanol–water partition coefficient (Wildman–Crippen LogP) is 6.31. The second-order valence-corrected chi connectivity index (χ2v) is 3.15. The van der Waals surface area contributed by atoms with Gasteiger partial charge in [-0.2, -0.15) is 0 Å². The maximum Gasteiger partial charge on any atom is 0.0404 e. The molecule has 0 amide bonds. The molecule has 0 aliphatic carbocycles. The lowest BCUT2D eigenvalue weighted by Crippen LogP contribution is -2.02. The van der Waals surface area contributed by atoms with Crippen LogP contribution in [0.5, 0.6) is 0 Å². The normalized spacial score (nSPS) is 10.5. The fourth-order valence-corrected chi connectivity index (χ4v) is 1.37. The molecule has 0 aliphatic heterocycles. The van der Waals surface area contributed by atoms with Crippen LogP contribution in [-0.2, 0) is 0 Å². The van der Waals surface area contributed by atoms with E-state index in [0.717, 1.165) is 30.7 Å². The van der Waals surface area contributed by atoms with Crippen LogP contribution in [0.15, 0.2) is 16.1 Å². The number of aliphatic imine (C=N–C) groups is 1. The Labute approximate surface area is 122 Å². The van der Waals surface area contributed by atoms with Gasteiger partial charge in [-0.3, -0.25) is 4.99 Å². The van der Waals surface area contributed by atoms with Gasteiger partial charge in [-0.25, -0.2) is 0 Å². The second-order valence-electron chi connectivity index (χ2n) is 3.15. The van der Waals surface area contributed by atoms with Crippen LogP contribution in [0, 0.1) is 5.41 Å². The van der Waals surface area contributed by atoms with Crippen molar-refractivity contribution in [3.63, 3.8) is 0 Å². The van der Waals surface area contributed by atoms with Crippen molar-refractivity contribution in [1.82, 2.24) is 0 Å².